The van der Waals surface area contributed by atoms with Crippen LogP contribution in [0.25, 0.3) is 10.9 Å². The van der Waals surface area contributed by atoms with Crippen LogP contribution in [0.4, 0.5) is 5.82 Å². The Morgan fingerprint density at radius 2 is 2.04 bits per heavy atom. The predicted molar refractivity (Wildman–Crippen MR) is 96.0 cm³/mol. The van der Waals surface area contributed by atoms with Crippen LogP contribution in [-0.2, 0) is 11.3 Å². The molecule has 0 spiro atoms. The first-order valence-corrected chi connectivity index (χ1v) is 8.33. The zero-order valence-corrected chi connectivity index (χ0v) is 13.8. The summed E-state index contributed by atoms with van der Waals surface area (Å²) in [5.74, 6) is 1.48. The molecule has 1 aromatic heterocycles. The van der Waals surface area contributed by atoms with Crippen LogP contribution >= 0.6 is 0 Å². The molecule has 1 saturated heterocycles. The lowest BCUT2D eigenvalue weighted by molar-refractivity contribution is -0.0337. The topological polar surface area (TPSA) is 84.5 Å². The standard InChI is InChI=1S/C19H20N4O2/c20-19-15-6-1-2-7-16(15)21-18(22-19)12-23-8-9-25-17(11-23)13-4-3-5-14(24)10-13/h1-7,10,17,24H,8-9,11-12H2,(H2,20,21,22). The lowest BCUT2D eigenvalue weighted by atomic mass is 10.1. The number of fused-ring (bicyclic) bond motifs is 1. The van der Waals surface area contributed by atoms with Crippen molar-refractivity contribution in [3.05, 3.63) is 59.9 Å². The van der Waals surface area contributed by atoms with Crippen LogP contribution in [0.1, 0.15) is 17.5 Å². The molecule has 2 heterocycles. The number of nitrogens with two attached hydrogens (primary N) is 1. The van der Waals surface area contributed by atoms with Crippen LogP contribution in [-0.4, -0.2) is 39.7 Å². The van der Waals surface area contributed by atoms with Gasteiger partial charge in [-0.3, -0.25) is 4.90 Å². The number of anilines is 1. The number of hydrogen-bond acceptors (Lipinski definition) is 6. The summed E-state index contributed by atoms with van der Waals surface area (Å²) in [6.07, 6.45) is -0.0707. The number of rotatable bonds is 3. The van der Waals surface area contributed by atoms with E-state index in [1.807, 2.05) is 36.4 Å². The first kappa shape index (κ1) is 15.8. The molecular weight excluding hydrogens is 316 g/mol. The Hall–Kier alpha value is -2.70. The number of benzene rings is 2. The summed E-state index contributed by atoms with van der Waals surface area (Å²) in [5, 5.41) is 10.6. The number of aromatic hydroxyl groups is 1. The maximum atomic E-state index is 9.67. The minimum atomic E-state index is -0.0707. The van der Waals surface area contributed by atoms with Gasteiger partial charge < -0.3 is 15.6 Å². The maximum absolute atomic E-state index is 9.67. The van der Waals surface area contributed by atoms with Crippen molar-refractivity contribution >= 4 is 16.7 Å². The van der Waals surface area contributed by atoms with Gasteiger partial charge in [0.1, 0.15) is 17.4 Å². The van der Waals surface area contributed by atoms with Gasteiger partial charge in [0.2, 0.25) is 0 Å². The number of nitrogens with zero attached hydrogens (tertiary/aromatic N) is 3. The van der Waals surface area contributed by atoms with Gasteiger partial charge in [0.05, 0.1) is 24.8 Å². The van der Waals surface area contributed by atoms with Crippen molar-refractivity contribution in [3.63, 3.8) is 0 Å². The molecular formula is C19H20N4O2. The highest BCUT2D eigenvalue weighted by molar-refractivity contribution is 5.87. The zero-order chi connectivity index (χ0) is 17.2. The van der Waals surface area contributed by atoms with Gasteiger partial charge in [0, 0.05) is 18.5 Å². The molecule has 128 valence electrons. The van der Waals surface area contributed by atoms with E-state index < -0.39 is 0 Å². The molecule has 1 aliphatic heterocycles. The molecule has 4 rings (SSSR count). The fraction of sp³-hybridized carbons (Fsp3) is 0.263. The van der Waals surface area contributed by atoms with Crippen LogP contribution in [0.5, 0.6) is 5.75 Å². The Kier molecular flexibility index (Phi) is 4.21. The average Bonchev–Trinajstić information content (AvgIpc) is 2.62. The van der Waals surface area contributed by atoms with Crippen molar-refractivity contribution < 1.29 is 9.84 Å². The second kappa shape index (κ2) is 6.66. The number of phenols is 1. The number of nitrogen functional groups attached to an aromatic ring is 1. The predicted octanol–water partition coefficient (Wildman–Crippen LogP) is 2.49. The van der Waals surface area contributed by atoms with Crippen molar-refractivity contribution in [2.45, 2.75) is 12.6 Å². The summed E-state index contributed by atoms with van der Waals surface area (Å²) in [4.78, 5) is 11.3. The third-order valence-electron chi connectivity index (χ3n) is 4.44. The summed E-state index contributed by atoms with van der Waals surface area (Å²) >= 11 is 0. The van der Waals surface area contributed by atoms with Crippen LogP contribution in [0, 0.1) is 0 Å². The normalized spacial score (nSPS) is 18.5. The number of morpholine rings is 1. The molecule has 1 unspecified atom stereocenters. The summed E-state index contributed by atoms with van der Waals surface area (Å²) in [6, 6.07) is 15.0. The van der Waals surface area contributed by atoms with Crippen LogP contribution in [0.15, 0.2) is 48.5 Å². The van der Waals surface area contributed by atoms with Gasteiger partial charge in [0.15, 0.2) is 0 Å². The second-order valence-corrected chi connectivity index (χ2v) is 6.23. The quantitative estimate of drug-likeness (QED) is 0.764. The first-order chi connectivity index (χ1) is 12.2. The highest BCUT2D eigenvalue weighted by Gasteiger charge is 2.23. The minimum absolute atomic E-state index is 0.0707. The van der Waals surface area contributed by atoms with Crippen molar-refractivity contribution in [2.75, 3.05) is 25.4 Å². The molecule has 0 bridgehead atoms. The largest absolute Gasteiger partial charge is 0.508 e. The molecule has 1 atom stereocenters. The Labute approximate surface area is 145 Å². The molecule has 3 aromatic rings. The van der Waals surface area contributed by atoms with Crippen LogP contribution < -0.4 is 5.73 Å². The Morgan fingerprint density at radius 3 is 2.92 bits per heavy atom. The van der Waals surface area contributed by atoms with Crippen molar-refractivity contribution in [3.8, 4) is 5.75 Å². The first-order valence-electron chi connectivity index (χ1n) is 8.33. The molecule has 0 aliphatic carbocycles. The third kappa shape index (κ3) is 3.40. The van der Waals surface area contributed by atoms with Gasteiger partial charge in [-0.15, -0.1) is 0 Å². The molecule has 1 aliphatic rings. The smallest absolute Gasteiger partial charge is 0.145 e. The van der Waals surface area contributed by atoms with E-state index >= 15 is 0 Å². The molecule has 3 N–H and O–H groups in total. The third-order valence-corrected chi connectivity index (χ3v) is 4.44. The molecule has 0 saturated carbocycles. The Bertz CT molecular complexity index is 899. The summed E-state index contributed by atoms with van der Waals surface area (Å²) in [7, 11) is 0. The monoisotopic (exact) mass is 336 g/mol. The highest BCUT2D eigenvalue weighted by Crippen LogP contribution is 2.26. The summed E-state index contributed by atoms with van der Waals surface area (Å²) < 4.78 is 5.86. The van der Waals surface area contributed by atoms with Gasteiger partial charge in [-0.05, 0) is 29.8 Å². The van der Waals surface area contributed by atoms with E-state index in [0.717, 1.165) is 29.6 Å². The van der Waals surface area contributed by atoms with E-state index in [0.29, 0.717) is 24.8 Å². The number of phenolic OH excluding ortho intramolecular Hbond substituents is 1. The lowest BCUT2D eigenvalue weighted by Gasteiger charge is -2.32. The van der Waals surface area contributed by atoms with Crippen molar-refractivity contribution in [2.24, 2.45) is 0 Å². The van der Waals surface area contributed by atoms with Gasteiger partial charge >= 0.3 is 0 Å². The Morgan fingerprint density at radius 1 is 1.16 bits per heavy atom. The number of para-hydroxylation sites is 1. The van der Waals surface area contributed by atoms with Gasteiger partial charge in [-0.1, -0.05) is 24.3 Å². The summed E-state index contributed by atoms with van der Waals surface area (Å²) in [6.45, 7) is 2.78. The van der Waals surface area contributed by atoms with E-state index in [1.165, 1.54) is 0 Å². The van der Waals surface area contributed by atoms with E-state index in [2.05, 4.69) is 14.9 Å². The fourth-order valence-corrected chi connectivity index (χ4v) is 3.19. The molecule has 1 fully saturated rings. The van der Waals surface area contributed by atoms with Crippen LogP contribution in [0.2, 0.25) is 0 Å². The molecule has 2 aromatic carbocycles. The van der Waals surface area contributed by atoms with E-state index in [9.17, 15) is 5.11 Å². The second-order valence-electron chi connectivity index (χ2n) is 6.23. The SMILES string of the molecule is Nc1nc(CN2CCOC(c3cccc(O)c3)C2)nc2ccccc12. The van der Waals surface area contributed by atoms with E-state index in [1.54, 1.807) is 12.1 Å². The molecule has 6 heteroatoms. The fourth-order valence-electron chi connectivity index (χ4n) is 3.19. The number of ether oxygens (including phenoxy) is 1. The molecule has 6 nitrogen and oxygen atoms in total. The molecule has 25 heavy (non-hydrogen) atoms. The van der Waals surface area contributed by atoms with Crippen molar-refractivity contribution in [1.82, 2.24) is 14.9 Å². The molecule has 0 amide bonds. The van der Waals surface area contributed by atoms with Crippen molar-refractivity contribution in [1.29, 1.82) is 0 Å². The highest BCUT2D eigenvalue weighted by atomic mass is 16.5. The summed E-state index contributed by atoms with van der Waals surface area (Å²) in [5.41, 5.74) is 7.91. The number of aromatic nitrogens is 2. The van der Waals surface area contributed by atoms with Crippen LogP contribution in [0.3, 0.4) is 0 Å². The Balaban J connectivity index is 1.52. The maximum Gasteiger partial charge on any atom is 0.145 e. The van der Waals surface area contributed by atoms with Gasteiger partial charge in [0.25, 0.3) is 0 Å². The number of hydrogen-bond donors (Lipinski definition) is 2. The lowest BCUT2D eigenvalue weighted by Crippen LogP contribution is -2.38. The van der Waals surface area contributed by atoms with Gasteiger partial charge in [-0.2, -0.15) is 0 Å². The zero-order valence-electron chi connectivity index (χ0n) is 13.8. The van der Waals surface area contributed by atoms with Gasteiger partial charge in [-0.25, -0.2) is 9.97 Å². The molecule has 0 radical (unpaired) electrons. The van der Waals surface area contributed by atoms with E-state index in [4.69, 9.17) is 10.5 Å². The average molecular weight is 336 g/mol. The van der Waals surface area contributed by atoms with E-state index in [-0.39, 0.29) is 11.9 Å². The minimum Gasteiger partial charge on any atom is -0.508 e.